The molecule has 1 aliphatic rings. The van der Waals surface area contributed by atoms with E-state index < -0.39 is 0 Å². The van der Waals surface area contributed by atoms with Crippen LogP contribution in [-0.2, 0) is 0 Å². The average Bonchev–Trinajstić information content (AvgIpc) is 2.83. The van der Waals surface area contributed by atoms with Crippen molar-refractivity contribution in [1.82, 2.24) is 4.90 Å². The van der Waals surface area contributed by atoms with Gasteiger partial charge in [-0.15, -0.1) is 0 Å². The number of nitrogens with zero attached hydrogens (tertiary/aromatic N) is 1. The summed E-state index contributed by atoms with van der Waals surface area (Å²) in [6, 6.07) is 4.73. The molecule has 0 radical (unpaired) electrons. The summed E-state index contributed by atoms with van der Waals surface area (Å²) in [4.78, 5) is 14.4. The van der Waals surface area contributed by atoms with Gasteiger partial charge in [-0.1, -0.05) is 12.8 Å². The highest BCUT2D eigenvalue weighted by atomic mass is 127. The van der Waals surface area contributed by atoms with Crippen LogP contribution in [0, 0.1) is 9.39 Å². The van der Waals surface area contributed by atoms with Gasteiger partial charge in [-0.3, -0.25) is 4.79 Å². The van der Waals surface area contributed by atoms with E-state index in [1.807, 2.05) is 34.4 Å². The van der Waals surface area contributed by atoms with Gasteiger partial charge in [0.15, 0.2) is 0 Å². The van der Waals surface area contributed by atoms with Crippen molar-refractivity contribution in [1.29, 1.82) is 0 Å². The Balaban J connectivity index is 2.22. The van der Waals surface area contributed by atoms with Crippen LogP contribution in [0.25, 0.3) is 0 Å². The molecule has 18 heavy (non-hydrogen) atoms. The molecular formula is C14H17FINO. The molecule has 1 saturated carbocycles. The van der Waals surface area contributed by atoms with E-state index in [1.54, 1.807) is 6.07 Å². The van der Waals surface area contributed by atoms with Crippen molar-refractivity contribution in [3.8, 4) is 0 Å². The van der Waals surface area contributed by atoms with E-state index in [9.17, 15) is 9.18 Å². The molecule has 2 nitrogen and oxygen atoms in total. The van der Waals surface area contributed by atoms with Gasteiger partial charge in [-0.25, -0.2) is 4.39 Å². The van der Waals surface area contributed by atoms with Crippen LogP contribution in [-0.4, -0.2) is 23.4 Å². The number of hydrogen-bond donors (Lipinski definition) is 0. The lowest BCUT2D eigenvalue weighted by molar-refractivity contribution is 0.0692. The minimum atomic E-state index is -0.292. The summed E-state index contributed by atoms with van der Waals surface area (Å²) < 4.78 is 13.8. The molecule has 0 saturated heterocycles. The summed E-state index contributed by atoms with van der Waals surface area (Å²) in [5.74, 6) is -0.256. The normalized spacial score (nSPS) is 15.9. The van der Waals surface area contributed by atoms with Gasteiger partial charge >= 0.3 is 0 Å². The van der Waals surface area contributed by atoms with Crippen molar-refractivity contribution < 1.29 is 9.18 Å². The molecular weight excluding hydrogens is 344 g/mol. The molecule has 0 aromatic heterocycles. The topological polar surface area (TPSA) is 20.3 Å². The number of halogens is 2. The lowest BCUT2D eigenvalue weighted by atomic mass is 10.1. The molecule has 1 aliphatic carbocycles. The maximum atomic E-state index is 13.1. The molecule has 4 heteroatoms. The first-order chi connectivity index (χ1) is 8.63. The minimum Gasteiger partial charge on any atom is -0.336 e. The van der Waals surface area contributed by atoms with Crippen molar-refractivity contribution in [2.75, 3.05) is 6.54 Å². The minimum absolute atomic E-state index is 0.0359. The van der Waals surface area contributed by atoms with E-state index in [0.717, 1.165) is 19.4 Å². The summed E-state index contributed by atoms with van der Waals surface area (Å²) >= 11 is 2.03. The monoisotopic (exact) mass is 361 g/mol. The smallest absolute Gasteiger partial charge is 0.255 e. The second-order valence-corrected chi connectivity index (χ2v) is 5.82. The number of carbonyl (C=O) groups excluding carboxylic acids is 1. The second-order valence-electron chi connectivity index (χ2n) is 4.65. The highest BCUT2D eigenvalue weighted by Crippen LogP contribution is 2.26. The lowest BCUT2D eigenvalue weighted by Gasteiger charge is -2.28. The molecule has 1 aromatic carbocycles. The zero-order valence-electron chi connectivity index (χ0n) is 10.5. The summed E-state index contributed by atoms with van der Waals surface area (Å²) in [6.07, 6.45) is 4.60. The van der Waals surface area contributed by atoms with Gasteiger partial charge in [0.25, 0.3) is 5.91 Å². The number of benzene rings is 1. The number of rotatable bonds is 3. The Kier molecular flexibility index (Phi) is 4.59. The van der Waals surface area contributed by atoms with Crippen molar-refractivity contribution >= 4 is 28.5 Å². The Morgan fingerprint density at radius 2 is 2.11 bits per heavy atom. The van der Waals surface area contributed by atoms with Gasteiger partial charge in [-0.2, -0.15) is 0 Å². The standard InChI is InChI=1S/C14H17FINO/c1-2-17(11-5-3-4-6-11)14(18)12-8-7-10(15)9-13(12)16/h7-9,11H,2-6H2,1H3. The van der Waals surface area contributed by atoms with Crippen LogP contribution in [0.1, 0.15) is 43.0 Å². The fourth-order valence-electron chi connectivity index (χ4n) is 2.60. The molecule has 98 valence electrons. The maximum Gasteiger partial charge on any atom is 0.255 e. The maximum absolute atomic E-state index is 13.1. The van der Waals surface area contributed by atoms with Gasteiger partial charge in [0.05, 0.1) is 5.56 Å². The molecule has 0 heterocycles. The molecule has 0 N–H and O–H groups in total. The first kappa shape index (κ1) is 13.8. The molecule has 1 aromatic rings. The van der Waals surface area contributed by atoms with E-state index in [2.05, 4.69) is 0 Å². The van der Waals surface area contributed by atoms with Gasteiger partial charge in [-0.05, 0) is 60.6 Å². The molecule has 0 unspecified atom stereocenters. The van der Waals surface area contributed by atoms with Gasteiger partial charge < -0.3 is 4.90 Å². The SMILES string of the molecule is CCN(C(=O)c1ccc(F)cc1I)C1CCCC1. The highest BCUT2D eigenvalue weighted by Gasteiger charge is 2.27. The highest BCUT2D eigenvalue weighted by molar-refractivity contribution is 14.1. The Hall–Kier alpha value is -0.650. The third-order valence-electron chi connectivity index (χ3n) is 3.53. The zero-order chi connectivity index (χ0) is 13.1. The molecule has 0 bridgehead atoms. The molecule has 2 rings (SSSR count). The Bertz CT molecular complexity index is 443. The first-order valence-electron chi connectivity index (χ1n) is 6.39. The fourth-order valence-corrected chi connectivity index (χ4v) is 3.31. The third kappa shape index (κ3) is 2.84. The number of amides is 1. The lowest BCUT2D eigenvalue weighted by Crippen LogP contribution is -2.39. The van der Waals surface area contributed by atoms with Gasteiger partial charge in [0.2, 0.25) is 0 Å². The van der Waals surface area contributed by atoms with Crippen molar-refractivity contribution in [2.45, 2.75) is 38.6 Å². The second kappa shape index (κ2) is 5.99. The Morgan fingerprint density at radius 1 is 1.44 bits per heavy atom. The summed E-state index contributed by atoms with van der Waals surface area (Å²) in [6.45, 7) is 2.73. The zero-order valence-corrected chi connectivity index (χ0v) is 12.6. The van der Waals surface area contributed by atoms with E-state index in [-0.39, 0.29) is 11.7 Å². The number of hydrogen-bond acceptors (Lipinski definition) is 1. The van der Waals surface area contributed by atoms with Crippen LogP contribution in [0.15, 0.2) is 18.2 Å². The summed E-state index contributed by atoms with van der Waals surface area (Å²) in [7, 11) is 0. The van der Waals surface area contributed by atoms with E-state index in [4.69, 9.17) is 0 Å². The van der Waals surface area contributed by atoms with Crippen molar-refractivity contribution in [2.24, 2.45) is 0 Å². The number of carbonyl (C=O) groups is 1. The van der Waals surface area contributed by atoms with Crippen LogP contribution in [0.5, 0.6) is 0 Å². The van der Waals surface area contributed by atoms with Gasteiger partial charge in [0, 0.05) is 16.2 Å². The van der Waals surface area contributed by atoms with E-state index >= 15 is 0 Å². The van der Waals surface area contributed by atoms with Crippen LogP contribution < -0.4 is 0 Å². The summed E-state index contributed by atoms with van der Waals surface area (Å²) in [5, 5.41) is 0. The summed E-state index contributed by atoms with van der Waals surface area (Å²) in [5.41, 5.74) is 0.616. The van der Waals surface area contributed by atoms with Crippen LogP contribution in [0.3, 0.4) is 0 Å². The first-order valence-corrected chi connectivity index (χ1v) is 7.47. The third-order valence-corrected chi connectivity index (χ3v) is 4.42. The van der Waals surface area contributed by atoms with Crippen LogP contribution >= 0.6 is 22.6 Å². The Labute approximate surface area is 121 Å². The predicted molar refractivity (Wildman–Crippen MR) is 78.1 cm³/mol. The molecule has 1 amide bonds. The Morgan fingerprint density at radius 3 is 2.67 bits per heavy atom. The molecule has 1 fully saturated rings. The van der Waals surface area contributed by atoms with Crippen molar-refractivity contribution in [3.05, 3.63) is 33.1 Å². The molecule has 0 atom stereocenters. The largest absolute Gasteiger partial charge is 0.336 e. The van der Waals surface area contributed by atoms with E-state index in [0.29, 0.717) is 15.2 Å². The van der Waals surface area contributed by atoms with Gasteiger partial charge in [0.1, 0.15) is 5.82 Å². The molecule has 0 spiro atoms. The predicted octanol–water partition coefficient (Wildman–Crippen LogP) is 3.84. The van der Waals surface area contributed by atoms with Crippen LogP contribution in [0.2, 0.25) is 0 Å². The fraction of sp³-hybridized carbons (Fsp3) is 0.500. The van der Waals surface area contributed by atoms with Crippen LogP contribution in [0.4, 0.5) is 4.39 Å². The van der Waals surface area contributed by atoms with E-state index in [1.165, 1.54) is 25.0 Å². The quantitative estimate of drug-likeness (QED) is 0.750. The molecule has 0 aliphatic heterocycles. The average molecular weight is 361 g/mol. The van der Waals surface area contributed by atoms with Crippen molar-refractivity contribution in [3.63, 3.8) is 0 Å².